The zero-order chi connectivity index (χ0) is 17.0. The summed E-state index contributed by atoms with van der Waals surface area (Å²) in [5.74, 6) is 0.377. The molecule has 0 spiro atoms. The van der Waals surface area contributed by atoms with Crippen LogP contribution in [0, 0.1) is 5.92 Å². The molecule has 0 aromatic heterocycles. The minimum atomic E-state index is -3.49. The monoisotopic (exact) mass is 344 g/mol. The van der Waals surface area contributed by atoms with Crippen LogP contribution < -0.4 is 5.32 Å². The topological polar surface area (TPSA) is 49.4 Å². The van der Waals surface area contributed by atoms with Gasteiger partial charge >= 0.3 is 0 Å². The van der Waals surface area contributed by atoms with Crippen LogP contribution in [0.2, 0.25) is 0 Å². The largest absolute Gasteiger partial charge is 0.319 e. The highest BCUT2D eigenvalue weighted by Gasteiger charge is 2.31. The lowest BCUT2D eigenvalue weighted by Crippen LogP contribution is -2.42. The van der Waals surface area contributed by atoms with E-state index in [-0.39, 0.29) is 0 Å². The number of hydrogen-bond donors (Lipinski definition) is 1. The van der Waals surface area contributed by atoms with E-state index in [1.54, 1.807) is 16.4 Å². The van der Waals surface area contributed by atoms with Gasteiger partial charge in [0.15, 0.2) is 0 Å². The van der Waals surface area contributed by atoms with Crippen LogP contribution in [-0.4, -0.2) is 39.4 Å². The Labute approximate surface area is 144 Å². The minimum absolute atomic E-state index is 0.377. The summed E-state index contributed by atoms with van der Waals surface area (Å²) in [6, 6.07) is 17.0. The first-order valence-corrected chi connectivity index (χ1v) is 9.86. The number of nitrogens with zero attached hydrogens (tertiary/aromatic N) is 1. The van der Waals surface area contributed by atoms with Crippen molar-refractivity contribution in [3.8, 4) is 11.1 Å². The third-order valence-corrected chi connectivity index (χ3v) is 6.49. The fourth-order valence-electron chi connectivity index (χ4n) is 3.39. The maximum Gasteiger partial charge on any atom is 0.243 e. The maximum atomic E-state index is 13.2. The summed E-state index contributed by atoms with van der Waals surface area (Å²) in [6.07, 6.45) is 1.99. The first-order chi connectivity index (χ1) is 11.6. The predicted molar refractivity (Wildman–Crippen MR) is 97.3 cm³/mol. The molecule has 4 nitrogen and oxygen atoms in total. The number of rotatable bonds is 5. The van der Waals surface area contributed by atoms with E-state index < -0.39 is 10.0 Å². The number of benzene rings is 2. The maximum absolute atomic E-state index is 13.2. The van der Waals surface area contributed by atoms with E-state index >= 15 is 0 Å². The van der Waals surface area contributed by atoms with Crippen LogP contribution in [0.25, 0.3) is 11.1 Å². The predicted octanol–water partition coefficient (Wildman–Crippen LogP) is 2.97. The van der Waals surface area contributed by atoms with Crippen LogP contribution in [-0.2, 0) is 10.0 Å². The van der Waals surface area contributed by atoms with Gasteiger partial charge in [0, 0.05) is 18.7 Å². The quantitative estimate of drug-likeness (QED) is 0.907. The number of hydrogen-bond acceptors (Lipinski definition) is 3. The van der Waals surface area contributed by atoms with Crippen molar-refractivity contribution < 1.29 is 8.42 Å². The molecule has 0 aliphatic carbocycles. The average molecular weight is 344 g/mol. The van der Waals surface area contributed by atoms with Crippen molar-refractivity contribution >= 4 is 10.0 Å². The summed E-state index contributed by atoms with van der Waals surface area (Å²) in [5, 5.41) is 3.16. The molecule has 1 heterocycles. The van der Waals surface area contributed by atoms with E-state index in [9.17, 15) is 8.42 Å². The molecule has 0 bridgehead atoms. The summed E-state index contributed by atoms with van der Waals surface area (Å²) in [7, 11) is -1.57. The molecule has 1 saturated heterocycles. The Hall–Kier alpha value is -1.69. The van der Waals surface area contributed by atoms with Gasteiger partial charge < -0.3 is 5.32 Å². The molecular formula is C19H24N2O2S. The van der Waals surface area contributed by atoms with Gasteiger partial charge in [0.2, 0.25) is 10.0 Å². The van der Waals surface area contributed by atoms with E-state index in [0.29, 0.717) is 23.9 Å². The van der Waals surface area contributed by atoms with E-state index in [2.05, 4.69) is 5.32 Å². The van der Waals surface area contributed by atoms with E-state index in [4.69, 9.17) is 0 Å². The van der Waals surface area contributed by atoms with E-state index in [1.165, 1.54) is 0 Å². The number of nitrogens with one attached hydrogen (secondary N) is 1. The summed E-state index contributed by atoms with van der Waals surface area (Å²) in [5.41, 5.74) is 1.70. The second-order valence-corrected chi connectivity index (χ2v) is 8.20. The third-order valence-electron chi connectivity index (χ3n) is 4.56. The molecule has 0 amide bonds. The third kappa shape index (κ3) is 3.53. The van der Waals surface area contributed by atoms with Gasteiger partial charge in [-0.25, -0.2) is 8.42 Å². The molecule has 3 rings (SSSR count). The first kappa shape index (κ1) is 17.1. The fraction of sp³-hybridized carbons (Fsp3) is 0.368. The van der Waals surface area contributed by atoms with Crippen molar-refractivity contribution in [1.29, 1.82) is 0 Å². The smallest absolute Gasteiger partial charge is 0.243 e. The molecule has 0 saturated carbocycles. The van der Waals surface area contributed by atoms with Gasteiger partial charge in [0.05, 0.1) is 4.90 Å². The molecule has 1 atom stereocenters. The van der Waals surface area contributed by atoms with Gasteiger partial charge in [-0.1, -0.05) is 48.5 Å². The highest BCUT2D eigenvalue weighted by atomic mass is 32.2. The molecule has 1 aliphatic rings. The van der Waals surface area contributed by atoms with Crippen LogP contribution in [0.15, 0.2) is 59.5 Å². The standard InChI is InChI=1S/C19H24N2O2S/c1-20-14-16-8-7-13-21(15-16)24(22,23)19-12-6-5-11-18(19)17-9-3-2-4-10-17/h2-6,9-12,16,20H,7-8,13-15H2,1H3. The van der Waals surface area contributed by atoms with Gasteiger partial charge in [-0.3, -0.25) is 0 Å². The lowest BCUT2D eigenvalue weighted by molar-refractivity contribution is 0.263. The van der Waals surface area contributed by atoms with Crippen molar-refractivity contribution in [1.82, 2.24) is 9.62 Å². The Balaban J connectivity index is 1.96. The molecule has 1 N–H and O–H groups in total. The average Bonchev–Trinajstić information content (AvgIpc) is 2.63. The highest BCUT2D eigenvalue weighted by molar-refractivity contribution is 7.89. The van der Waals surface area contributed by atoms with E-state index in [0.717, 1.165) is 30.5 Å². The Kier molecular flexibility index (Phi) is 5.33. The minimum Gasteiger partial charge on any atom is -0.319 e. The Morgan fingerprint density at radius 2 is 1.79 bits per heavy atom. The zero-order valence-corrected chi connectivity index (χ0v) is 14.8. The molecule has 1 aliphatic heterocycles. The number of piperidine rings is 1. The van der Waals surface area contributed by atoms with Gasteiger partial charge in [-0.05, 0) is 44.0 Å². The van der Waals surface area contributed by atoms with Crippen molar-refractivity contribution in [3.05, 3.63) is 54.6 Å². The van der Waals surface area contributed by atoms with Crippen molar-refractivity contribution in [2.45, 2.75) is 17.7 Å². The molecule has 2 aromatic rings. The summed E-state index contributed by atoms with van der Waals surface area (Å²) < 4.78 is 28.1. The molecule has 1 fully saturated rings. The molecule has 5 heteroatoms. The van der Waals surface area contributed by atoms with Gasteiger partial charge in [-0.15, -0.1) is 0 Å². The molecule has 1 unspecified atom stereocenters. The van der Waals surface area contributed by atoms with Crippen LogP contribution >= 0.6 is 0 Å². The van der Waals surface area contributed by atoms with Crippen LogP contribution in [0.5, 0.6) is 0 Å². The zero-order valence-electron chi connectivity index (χ0n) is 14.0. The van der Waals surface area contributed by atoms with Crippen molar-refractivity contribution in [3.63, 3.8) is 0 Å². The molecule has 128 valence electrons. The summed E-state index contributed by atoms with van der Waals surface area (Å²) in [4.78, 5) is 0.404. The Bertz CT molecular complexity index is 773. The fourth-order valence-corrected chi connectivity index (χ4v) is 5.16. The van der Waals surface area contributed by atoms with Crippen LogP contribution in [0.4, 0.5) is 0 Å². The van der Waals surface area contributed by atoms with Gasteiger partial charge in [-0.2, -0.15) is 4.31 Å². The normalized spacial score (nSPS) is 19.3. The van der Waals surface area contributed by atoms with Crippen LogP contribution in [0.3, 0.4) is 0 Å². The van der Waals surface area contributed by atoms with Crippen molar-refractivity contribution in [2.24, 2.45) is 5.92 Å². The van der Waals surface area contributed by atoms with Crippen molar-refractivity contribution in [2.75, 3.05) is 26.7 Å². The molecular weight excluding hydrogens is 320 g/mol. The molecule has 24 heavy (non-hydrogen) atoms. The Morgan fingerprint density at radius 3 is 2.54 bits per heavy atom. The number of sulfonamides is 1. The van der Waals surface area contributed by atoms with E-state index in [1.807, 2.05) is 49.5 Å². The first-order valence-electron chi connectivity index (χ1n) is 8.42. The Morgan fingerprint density at radius 1 is 1.08 bits per heavy atom. The second-order valence-electron chi connectivity index (χ2n) is 6.29. The lowest BCUT2D eigenvalue weighted by atomic mass is 10.00. The molecule has 0 radical (unpaired) electrons. The van der Waals surface area contributed by atoms with Gasteiger partial charge in [0.1, 0.15) is 0 Å². The SMILES string of the molecule is CNCC1CCCN(S(=O)(=O)c2ccccc2-c2ccccc2)C1. The van der Waals surface area contributed by atoms with Crippen LogP contribution in [0.1, 0.15) is 12.8 Å². The summed E-state index contributed by atoms with van der Waals surface area (Å²) in [6.45, 7) is 2.05. The summed E-state index contributed by atoms with van der Waals surface area (Å²) >= 11 is 0. The second kappa shape index (κ2) is 7.47. The molecule has 2 aromatic carbocycles. The van der Waals surface area contributed by atoms with Gasteiger partial charge in [0.25, 0.3) is 0 Å². The highest BCUT2D eigenvalue weighted by Crippen LogP contribution is 2.31. The lowest BCUT2D eigenvalue weighted by Gasteiger charge is -2.32.